The van der Waals surface area contributed by atoms with Crippen molar-refractivity contribution in [2.45, 2.75) is 52.9 Å². The molecule has 84 valence electrons. The number of hydrogen-bond donors (Lipinski definition) is 0. The van der Waals surface area contributed by atoms with Crippen molar-refractivity contribution in [2.75, 3.05) is 0 Å². The van der Waals surface area contributed by atoms with Gasteiger partial charge in [0, 0.05) is 0 Å². The topological polar surface area (TPSA) is 0 Å². The molecule has 0 aliphatic heterocycles. The van der Waals surface area contributed by atoms with E-state index in [2.05, 4.69) is 45.6 Å². The maximum atomic E-state index is 4.12. The Bertz CT molecular complexity index is 276. The second-order valence-electron chi connectivity index (χ2n) is 5.45. The summed E-state index contributed by atoms with van der Waals surface area (Å²) >= 11 is 0. The molecule has 0 saturated carbocycles. The molecule has 0 saturated heterocycles. The average molecular weight is 204 g/mol. The lowest BCUT2D eigenvalue weighted by molar-refractivity contribution is 0.486. The molecule has 0 spiro atoms. The highest BCUT2D eigenvalue weighted by Crippen LogP contribution is 2.26. The minimum atomic E-state index is 0.298. The Morgan fingerprint density at radius 2 is 2.00 bits per heavy atom. The maximum Gasteiger partial charge on any atom is -0.0140 e. The molecule has 1 rings (SSSR count). The summed E-state index contributed by atoms with van der Waals surface area (Å²) in [6.07, 6.45) is 12.9. The Morgan fingerprint density at radius 1 is 1.27 bits per heavy atom. The zero-order chi connectivity index (χ0) is 11.3. The quantitative estimate of drug-likeness (QED) is 0.485. The highest BCUT2D eigenvalue weighted by molar-refractivity contribution is 5.10. The van der Waals surface area contributed by atoms with E-state index in [1.807, 2.05) is 0 Å². The summed E-state index contributed by atoms with van der Waals surface area (Å²) in [5.41, 5.74) is 3.20. The van der Waals surface area contributed by atoms with Crippen molar-refractivity contribution in [1.29, 1.82) is 0 Å². The summed E-state index contributed by atoms with van der Waals surface area (Å²) in [5, 5.41) is 0. The van der Waals surface area contributed by atoms with Crippen molar-refractivity contribution >= 4 is 0 Å². The van der Waals surface area contributed by atoms with Crippen LogP contribution in [0.15, 0.2) is 36.0 Å². The lowest BCUT2D eigenvalue weighted by atomic mass is 9.87. The summed E-state index contributed by atoms with van der Waals surface area (Å²) in [6, 6.07) is 0. The minimum absolute atomic E-state index is 0.298. The van der Waals surface area contributed by atoms with Gasteiger partial charge >= 0.3 is 0 Å². The van der Waals surface area contributed by atoms with E-state index in [1.165, 1.54) is 30.4 Å². The van der Waals surface area contributed by atoms with Gasteiger partial charge in [-0.15, -0.1) is 0 Å². The summed E-state index contributed by atoms with van der Waals surface area (Å²) < 4.78 is 0. The SMILES string of the molecule is C=C1C/C=C/C(C)(C)CC=C(C)CCC1. The van der Waals surface area contributed by atoms with E-state index in [0.29, 0.717) is 5.41 Å². The first-order chi connectivity index (χ1) is 6.99. The normalized spacial score (nSPS) is 25.3. The molecule has 0 fully saturated rings. The van der Waals surface area contributed by atoms with E-state index in [0.717, 1.165) is 12.8 Å². The summed E-state index contributed by atoms with van der Waals surface area (Å²) in [5.74, 6) is 0. The van der Waals surface area contributed by atoms with Crippen LogP contribution < -0.4 is 0 Å². The number of allylic oxidation sites excluding steroid dienone is 5. The van der Waals surface area contributed by atoms with Crippen LogP contribution in [0.5, 0.6) is 0 Å². The number of hydrogen-bond acceptors (Lipinski definition) is 0. The van der Waals surface area contributed by atoms with Crippen molar-refractivity contribution in [1.82, 2.24) is 0 Å². The van der Waals surface area contributed by atoms with Gasteiger partial charge in [0.2, 0.25) is 0 Å². The third-order valence-electron chi connectivity index (χ3n) is 3.05. The smallest absolute Gasteiger partial charge is 0.0140 e. The number of rotatable bonds is 0. The van der Waals surface area contributed by atoms with Crippen molar-refractivity contribution in [3.63, 3.8) is 0 Å². The van der Waals surface area contributed by atoms with Gasteiger partial charge in [0.15, 0.2) is 0 Å². The summed E-state index contributed by atoms with van der Waals surface area (Å²) in [4.78, 5) is 0. The molecular weight excluding hydrogens is 180 g/mol. The van der Waals surface area contributed by atoms with Crippen LogP contribution in [-0.2, 0) is 0 Å². The Labute approximate surface area is 94.8 Å². The Kier molecular flexibility index (Phi) is 4.38. The van der Waals surface area contributed by atoms with Crippen molar-refractivity contribution < 1.29 is 0 Å². The lowest BCUT2D eigenvalue weighted by Crippen LogP contribution is -2.05. The van der Waals surface area contributed by atoms with Crippen molar-refractivity contribution in [2.24, 2.45) is 5.41 Å². The lowest BCUT2D eigenvalue weighted by Gasteiger charge is -2.18. The van der Waals surface area contributed by atoms with Crippen LogP contribution in [-0.4, -0.2) is 0 Å². The molecule has 1 aliphatic rings. The fourth-order valence-electron chi connectivity index (χ4n) is 1.87. The van der Waals surface area contributed by atoms with Gasteiger partial charge in [-0.1, -0.05) is 49.8 Å². The third kappa shape index (κ3) is 5.01. The van der Waals surface area contributed by atoms with Crippen LogP contribution >= 0.6 is 0 Å². The second kappa shape index (κ2) is 5.34. The van der Waals surface area contributed by atoms with Crippen molar-refractivity contribution in [3.8, 4) is 0 Å². The van der Waals surface area contributed by atoms with Crippen LogP contribution in [0.3, 0.4) is 0 Å². The predicted octanol–water partition coefficient (Wildman–Crippen LogP) is 5.04. The molecule has 0 atom stereocenters. The molecule has 0 bridgehead atoms. The van der Waals surface area contributed by atoms with Gasteiger partial charge in [0.05, 0.1) is 0 Å². The molecular formula is C15H24. The minimum Gasteiger partial charge on any atom is -0.0995 e. The Morgan fingerprint density at radius 3 is 2.73 bits per heavy atom. The first-order valence-corrected chi connectivity index (χ1v) is 5.99. The van der Waals surface area contributed by atoms with E-state index in [-0.39, 0.29) is 0 Å². The highest BCUT2D eigenvalue weighted by Gasteiger charge is 2.12. The largest absolute Gasteiger partial charge is 0.0995 e. The van der Waals surface area contributed by atoms with E-state index in [9.17, 15) is 0 Å². The molecule has 0 radical (unpaired) electrons. The molecule has 0 aromatic rings. The van der Waals surface area contributed by atoms with Crippen LogP contribution in [0.1, 0.15) is 52.9 Å². The molecule has 0 heterocycles. The monoisotopic (exact) mass is 204 g/mol. The first kappa shape index (κ1) is 12.3. The molecule has 0 amide bonds. The molecule has 0 heteroatoms. The van der Waals surface area contributed by atoms with Gasteiger partial charge in [0.25, 0.3) is 0 Å². The van der Waals surface area contributed by atoms with E-state index in [1.54, 1.807) is 0 Å². The van der Waals surface area contributed by atoms with E-state index >= 15 is 0 Å². The molecule has 0 aromatic carbocycles. The molecule has 0 unspecified atom stereocenters. The Hall–Kier alpha value is -0.780. The molecule has 0 N–H and O–H groups in total. The third-order valence-corrected chi connectivity index (χ3v) is 3.05. The molecule has 0 aromatic heterocycles. The molecule has 0 nitrogen and oxygen atoms in total. The van der Waals surface area contributed by atoms with Crippen LogP contribution in [0.4, 0.5) is 0 Å². The zero-order valence-electron chi connectivity index (χ0n) is 10.5. The van der Waals surface area contributed by atoms with Crippen LogP contribution in [0.2, 0.25) is 0 Å². The summed E-state index contributed by atoms with van der Waals surface area (Å²) in [7, 11) is 0. The van der Waals surface area contributed by atoms with Gasteiger partial charge in [-0.25, -0.2) is 0 Å². The van der Waals surface area contributed by atoms with E-state index in [4.69, 9.17) is 0 Å². The summed E-state index contributed by atoms with van der Waals surface area (Å²) in [6.45, 7) is 11.0. The molecule has 1 aliphatic carbocycles. The molecule has 15 heavy (non-hydrogen) atoms. The van der Waals surface area contributed by atoms with Gasteiger partial charge < -0.3 is 0 Å². The fourth-order valence-corrected chi connectivity index (χ4v) is 1.87. The first-order valence-electron chi connectivity index (χ1n) is 5.99. The standard InChI is InChI=1S/C15H24/c1-13-7-5-8-14(2)10-12-15(3,4)11-6-9-13/h6,10-11H,1,5,7-9,12H2,2-4H3/b11-6+,14-10?. The van der Waals surface area contributed by atoms with Crippen molar-refractivity contribution in [3.05, 3.63) is 36.0 Å². The van der Waals surface area contributed by atoms with Crippen LogP contribution in [0, 0.1) is 5.41 Å². The predicted molar refractivity (Wildman–Crippen MR) is 68.9 cm³/mol. The van der Waals surface area contributed by atoms with Gasteiger partial charge in [0.1, 0.15) is 0 Å². The highest BCUT2D eigenvalue weighted by atomic mass is 14.2. The maximum absolute atomic E-state index is 4.12. The fraction of sp³-hybridized carbons (Fsp3) is 0.600. The Balaban J connectivity index is 2.73. The van der Waals surface area contributed by atoms with E-state index < -0.39 is 0 Å². The van der Waals surface area contributed by atoms with Crippen LogP contribution in [0.25, 0.3) is 0 Å². The average Bonchev–Trinajstić information content (AvgIpc) is 2.15. The zero-order valence-corrected chi connectivity index (χ0v) is 10.5. The van der Waals surface area contributed by atoms with Gasteiger partial charge in [-0.3, -0.25) is 0 Å². The van der Waals surface area contributed by atoms with Gasteiger partial charge in [-0.05, 0) is 44.4 Å². The second-order valence-corrected chi connectivity index (χ2v) is 5.45. The van der Waals surface area contributed by atoms with Gasteiger partial charge in [-0.2, -0.15) is 0 Å².